The van der Waals surface area contributed by atoms with Crippen molar-refractivity contribution < 1.29 is 9.84 Å². The van der Waals surface area contributed by atoms with Gasteiger partial charge in [-0.05, 0) is 51.1 Å². The van der Waals surface area contributed by atoms with Crippen LogP contribution in [0.3, 0.4) is 0 Å². The Morgan fingerprint density at radius 3 is 2.92 bits per heavy atom. The molecule has 1 aromatic rings. The number of piperidine rings is 2. The number of hydrogen-bond donors (Lipinski definition) is 2. The minimum Gasteiger partial charge on any atom is -0.490 e. The van der Waals surface area contributed by atoms with Gasteiger partial charge in [-0.2, -0.15) is 0 Å². The smallest absolute Gasteiger partial charge is 0.124 e. The first-order valence-corrected chi connectivity index (χ1v) is 9.63. The molecule has 3 fully saturated rings. The molecule has 4 nitrogen and oxygen atoms in total. The molecule has 1 aromatic carbocycles. The fourth-order valence-corrected chi connectivity index (χ4v) is 4.61. The second-order valence-electron chi connectivity index (χ2n) is 7.87. The second kappa shape index (κ2) is 7.03. The van der Waals surface area contributed by atoms with E-state index in [4.69, 9.17) is 4.74 Å². The number of hydrogen-bond acceptors (Lipinski definition) is 4. The summed E-state index contributed by atoms with van der Waals surface area (Å²) in [6, 6.07) is 8.51. The van der Waals surface area contributed by atoms with Crippen molar-refractivity contribution in [2.75, 3.05) is 26.2 Å². The lowest BCUT2D eigenvalue weighted by Gasteiger charge is -2.47. The lowest BCUT2D eigenvalue weighted by atomic mass is 9.76. The summed E-state index contributed by atoms with van der Waals surface area (Å²) in [5.74, 6) is 1.41. The first kappa shape index (κ1) is 16.4. The summed E-state index contributed by atoms with van der Waals surface area (Å²) in [4.78, 5) is 2.49. The number of nitrogens with zero attached hydrogens (tertiary/aromatic N) is 1. The summed E-state index contributed by atoms with van der Waals surface area (Å²) >= 11 is 0. The van der Waals surface area contributed by atoms with Gasteiger partial charge >= 0.3 is 0 Å². The number of aliphatic hydroxyl groups is 1. The van der Waals surface area contributed by atoms with Crippen molar-refractivity contribution in [3.63, 3.8) is 0 Å². The quantitative estimate of drug-likeness (QED) is 0.891. The predicted octanol–water partition coefficient (Wildman–Crippen LogP) is 2.55. The Labute approximate surface area is 145 Å². The van der Waals surface area contributed by atoms with E-state index in [9.17, 15) is 5.11 Å². The summed E-state index contributed by atoms with van der Waals surface area (Å²) in [6.07, 6.45) is 7.17. The normalized spacial score (nSPS) is 31.8. The fraction of sp³-hybridized carbons (Fsp3) is 0.700. The van der Waals surface area contributed by atoms with Crippen LogP contribution in [0.1, 0.15) is 44.1 Å². The van der Waals surface area contributed by atoms with Crippen LogP contribution in [0, 0.1) is 5.92 Å². The Bertz CT molecular complexity index is 558. The van der Waals surface area contributed by atoms with Crippen molar-refractivity contribution >= 4 is 0 Å². The maximum Gasteiger partial charge on any atom is 0.124 e. The third kappa shape index (κ3) is 3.46. The molecule has 2 N–H and O–H groups in total. The van der Waals surface area contributed by atoms with Gasteiger partial charge < -0.3 is 15.2 Å². The number of ether oxygens (including phenoxy) is 1. The molecule has 2 saturated heterocycles. The van der Waals surface area contributed by atoms with Crippen LogP contribution in [0.4, 0.5) is 0 Å². The highest BCUT2D eigenvalue weighted by Crippen LogP contribution is 2.34. The SMILES string of the molecule is O[C@]12CCNC[C@H]1CN(Cc1ccccc1OC1CCCC1)CC2. The summed E-state index contributed by atoms with van der Waals surface area (Å²) in [7, 11) is 0. The van der Waals surface area contributed by atoms with Gasteiger partial charge in [-0.15, -0.1) is 0 Å². The van der Waals surface area contributed by atoms with Crippen LogP contribution < -0.4 is 10.1 Å². The highest BCUT2D eigenvalue weighted by Gasteiger charge is 2.42. The van der Waals surface area contributed by atoms with E-state index in [1.54, 1.807) is 0 Å². The molecule has 0 amide bonds. The molecule has 1 saturated carbocycles. The average molecular weight is 330 g/mol. The molecule has 0 spiro atoms. The van der Waals surface area contributed by atoms with Gasteiger partial charge in [0.1, 0.15) is 5.75 Å². The second-order valence-corrected chi connectivity index (χ2v) is 7.87. The van der Waals surface area contributed by atoms with E-state index >= 15 is 0 Å². The maximum atomic E-state index is 10.8. The lowest BCUT2D eigenvalue weighted by Crippen LogP contribution is -2.58. The van der Waals surface area contributed by atoms with Gasteiger partial charge in [0, 0.05) is 37.7 Å². The Kier molecular flexibility index (Phi) is 4.79. The number of para-hydroxylation sites is 1. The molecule has 2 atom stereocenters. The maximum absolute atomic E-state index is 10.8. The van der Waals surface area contributed by atoms with E-state index in [0.717, 1.165) is 51.3 Å². The molecular weight excluding hydrogens is 300 g/mol. The molecule has 24 heavy (non-hydrogen) atoms. The zero-order chi connectivity index (χ0) is 16.4. The largest absolute Gasteiger partial charge is 0.490 e. The minimum absolute atomic E-state index is 0.350. The molecule has 0 radical (unpaired) electrons. The molecule has 0 aromatic heterocycles. The molecule has 3 aliphatic rings. The van der Waals surface area contributed by atoms with Gasteiger partial charge in [0.2, 0.25) is 0 Å². The summed E-state index contributed by atoms with van der Waals surface area (Å²) in [5, 5.41) is 14.3. The average Bonchev–Trinajstić information content (AvgIpc) is 3.10. The topological polar surface area (TPSA) is 44.7 Å². The van der Waals surface area contributed by atoms with Crippen molar-refractivity contribution in [1.82, 2.24) is 10.2 Å². The van der Waals surface area contributed by atoms with E-state index in [0.29, 0.717) is 12.0 Å². The summed E-state index contributed by atoms with van der Waals surface area (Å²) in [6.45, 7) is 4.76. The van der Waals surface area contributed by atoms with Crippen LogP contribution in [-0.2, 0) is 6.54 Å². The molecule has 1 aliphatic carbocycles. The first-order chi connectivity index (χ1) is 11.7. The van der Waals surface area contributed by atoms with Crippen molar-refractivity contribution in [1.29, 1.82) is 0 Å². The molecule has 2 heterocycles. The van der Waals surface area contributed by atoms with E-state index in [2.05, 4.69) is 34.5 Å². The highest BCUT2D eigenvalue weighted by atomic mass is 16.5. The van der Waals surface area contributed by atoms with Crippen LogP contribution >= 0.6 is 0 Å². The third-order valence-electron chi connectivity index (χ3n) is 6.19. The van der Waals surface area contributed by atoms with Gasteiger partial charge in [0.05, 0.1) is 11.7 Å². The monoisotopic (exact) mass is 330 g/mol. The minimum atomic E-state index is -0.443. The molecule has 0 unspecified atom stereocenters. The molecule has 4 rings (SSSR count). The first-order valence-electron chi connectivity index (χ1n) is 9.63. The van der Waals surface area contributed by atoms with Gasteiger partial charge in [-0.25, -0.2) is 0 Å². The van der Waals surface area contributed by atoms with Crippen molar-refractivity contribution in [3.8, 4) is 5.75 Å². The van der Waals surface area contributed by atoms with Crippen molar-refractivity contribution in [2.24, 2.45) is 5.92 Å². The number of likely N-dealkylation sites (tertiary alicyclic amines) is 1. The molecule has 2 aliphatic heterocycles. The standard InChI is InChI=1S/C20H30N2O2/c23-20-9-11-21-13-17(20)15-22(12-10-20)14-16-5-1-4-8-19(16)24-18-6-2-3-7-18/h1,4-5,8,17-18,21,23H,2-3,6-7,9-15H2/t17-,20-/m0/s1. The van der Waals surface area contributed by atoms with Crippen LogP contribution in [0.15, 0.2) is 24.3 Å². The lowest BCUT2D eigenvalue weighted by molar-refractivity contribution is -0.0900. The zero-order valence-corrected chi connectivity index (χ0v) is 14.5. The Balaban J connectivity index is 1.42. The Morgan fingerprint density at radius 2 is 2.04 bits per heavy atom. The van der Waals surface area contributed by atoms with Crippen LogP contribution in [0.2, 0.25) is 0 Å². The number of rotatable bonds is 4. The van der Waals surface area contributed by atoms with Crippen LogP contribution in [0.25, 0.3) is 0 Å². The fourth-order valence-electron chi connectivity index (χ4n) is 4.61. The van der Waals surface area contributed by atoms with Crippen LogP contribution in [-0.4, -0.2) is 47.9 Å². The predicted molar refractivity (Wildman–Crippen MR) is 95.1 cm³/mol. The van der Waals surface area contributed by atoms with E-state index in [1.807, 2.05) is 0 Å². The van der Waals surface area contributed by atoms with Gasteiger partial charge in [-0.3, -0.25) is 4.90 Å². The highest BCUT2D eigenvalue weighted by molar-refractivity contribution is 5.33. The summed E-state index contributed by atoms with van der Waals surface area (Å²) in [5.41, 5.74) is 0.848. The van der Waals surface area contributed by atoms with Gasteiger partial charge in [0.15, 0.2) is 0 Å². The van der Waals surface area contributed by atoms with E-state index in [-0.39, 0.29) is 0 Å². The molecule has 132 valence electrons. The van der Waals surface area contributed by atoms with Gasteiger partial charge in [-0.1, -0.05) is 18.2 Å². The zero-order valence-electron chi connectivity index (χ0n) is 14.5. The van der Waals surface area contributed by atoms with Gasteiger partial charge in [0.25, 0.3) is 0 Å². The van der Waals surface area contributed by atoms with Crippen LogP contribution in [0.5, 0.6) is 5.75 Å². The van der Waals surface area contributed by atoms with Crippen molar-refractivity contribution in [2.45, 2.75) is 56.8 Å². The number of benzene rings is 1. The Hall–Kier alpha value is -1.10. The summed E-state index contributed by atoms with van der Waals surface area (Å²) < 4.78 is 6.29. The number of nitrogens with one attached hydrogen (secondary N) is 1. The number of fused-ring (bicyclic) bond motifs is 1. The molecular formula is C20H30N2O2. The van der Waals surface area contributed by atoms with E-state index < -0.39 is 5.60 Å². The molecule has 4 heteroatoms. The Morgan fingerprint density at radius 1 is 1.21 bits per heavy atom. The van der Waals surface area contributed by atoms with Crippen molar-refractivity contribution in [3.05, 3.63) is 29.8 Å². The molecule has 0 bridgehead atoms. The third-order valence-corrected chi connectivity index (χ3v) is 6.19. The van der Waals surface area contributed by atoms with E-state index in [1.165, 1.54) is 31.2 Å².